The van der Waals surface area contributed by atoms with Crippen LogP contribution in [0.3, 0.4) is 0 Å². The van der Waals surface area contributed by atoms with Crippen molar-refractivity contribution in [2.45, 2.75) is 47.4 Å². The van der Waals surface area contributed by atoms with Crippen LogP contribution in [0.25, 0.3) is 0 Å². The summed E-state index contributed by atoms with van der Waals surface area (Å²) in [5, 5.41) is 0. The minimum Gasteiger partial charge on any atom is -0.350 e. The summed E-state index contributed by atoms with van der Waals surface area (Å²) in [4.78, 5) is 0.335. The molecular weight excluding hydrogens is 356 g/mol. The molecule has 0 radical (unpaired) electrons. The first-order chi connectivity index (χ1) is 12.6. The molecule has 4 rings (SSSR count). The van der Waals surface area contributed by atoms with Crippen molar-refractivity contribution < 1.29 is 27.4 Å². The van der Waals surface area contributed by atoms with Gasteiger partial charge in [-0.1, -0.05) is 24.3 Å². The summed E-state index contributed by atoms with van der Waals surface area (Å²) >= 11 is 0. The zero-order chi connectivity index (χ0) is 18.1. The normalized spacial score (nSPS) is 28.8. The van der Waals surface area contributed by atoms with Crippen LogP contribution in [0, 0.1) is 0 Å². The van der Waals surface area contributed by atoms with E-state index in [9.17, 15) is 8.42 Å². The number of sulfone groups is 1. The molecule has 1 unspecified atom stereocenters. The van der Waals surface area contributed by atoms with Crippen LogP contribution >= 0.6 is 0 Å². The lowest BCUT2D eigenvalue weighted by molar-refractivity contribution is -0.127. The van der Waals surface area contributed by atoms with Gasteiger partial charge in [-0.2, -0.15) is 0 Å². The summed E-state index contributed by atoms with van der Waals surface area (Å²) in [6, 6.07) is 8.63. The van der Waals surface area contributed by atoms with Crippen molar-refractivity contribution in [3.05, 3.63) is 42.5 Å². The van der Waals surface area contributed by atoms with Crippen LogP contribution in [0.5, 0.6) is 0 Å². The van der Waals surface area contributed by atoms with Crippen molar-refractivity contribution in [1.82, 2.24) is 0 Å². The van der Waals surface area contributed by atoms with Gasteiger partial charge in [0, 0.05) is 12.8 Å². The lowest BCUT2D eigenvalue weighted by Gasteiger charge is -2.38. The van der Waals surface area contributed by atoms with Crippen LogP contribution in [-0.2, 0) is 28.8 Å². The van der Waals surface area contributed by atoms with Crippen LogP contribution in [0.15, 0.2) is 47.4 Å². The topological polar surface area (TPSA) is 71.1 Å². The van der Waals surface area contributed by atoms with Gasteiger partial charge >= 0.3 is 0 Å². The minimum absolute atomic E-state index is 0.332. The molecule has 2 fully saturated rings. The van der Waals surface area contributed by atoms with Gasteiger partial charge < -0.3 is 18.9 Å². The third kappa shape index (κ3) is 3.23. The van der Waals surface area contributed by atoms with Crippen molar-refractivity contribution in [1.29, 1.82) is 0 Å². The lowest BCUT2D eigenvalue weighted by atomic mass is 9.87. The van der Waals surface area contributed by atoms with Crippen molar-refractivity contribution in [3.8, 4) is 0 Å². The summed E-state index contributed by atoms with van der Waals surface area (Å²) < 4.78 is 48.5. The molecule has 142 valence electrons. The summed E-state index contributed by atoms with van der Waals surface area (Å²) in [5.41, 5.74) is 0. The first-order valence-corrected chi connectivity index (χ1v) is 10.5. The van der Waals surface area contributed by atoms with Crippen molar-refractivity contribution >= 4 is 9.84 Å². The van der Waals surface area contributed by atoms with Gasteiger partial charge in [-0.3, -0.25) is 0 Å². The fourth-order valence-corrected chi connectivity index (χ4v) is 5.87. The molecule has 0 amide bonds. The first kappa shape index (κ1) is 18.1. The molecule has 0 saturated carbocycles. The Morgan fingerprint density at radius 3 is 2.23 bits per heavy atom. The highest BCUT2D eigenvalue weighted by atomic mass is 32.2. The third-order valence-corrected chi connectivity index (χ3v) is 7.90. The molecule has 1 atom stereocenters. The summed E-state index contributed by atoms with van der Waals surface area (Å²) in [6.07, 6.45) is 5.16. The van der Waals surface area contributed by atoms with Gasteiger partial charge in [-0.05, 0) is 31.1 Å². The van der Waals surface area contributed by atoms with Crippen LogP contribution < -0.4 is 0 Å². The number of ether oxygens (including phenoxy) is 4. The maximum absolute atomic E-state index is 13.5. The lowest BCUT2D eigenvalue weighted by Crippen LogP contribution is -2.44. The SMILES string of the molecule is O=S(=O)(c1ccccc1)C1(CCC2OCCO2)C=CC2(CC1)OCCO2. The van der Waals surface area contributed by atoms with Crippen LogP contribution in [-0.4, -0.2) is 51.7 Å². The average molecular weight is 380 g/mol. The van der Waals surface area contributed by atoms with E-state index in [4.69, 9.17) is 18.9 Å². The Bertz CT molecular complexity index is 747. The number of benzene rings is 1. The van der Waals surface area contributed by atoms with E-state index in [1.807, 2.05) is 6.07 Å². The molecule has 2 aliphatic heterocycles. The first-order valence-electron chi connectivity index (χ1n) is 9.07. The van der Waals surface area contributed by atoms with Crippen LogP contribution in [0.2, 0.25) is 0 Å². The van der Waals surface area contributed by atoms with Gasteiger partial charge in [0.05, 0.1) is 36.1 Å². The Labute approximate surface area is 154 Å². The van der Waals surface area contributed by atoms with E-state index in [0.29, 0.717) is 57.0 Å². The van der Waals surface area contributed by atoms with Crippen molar-refractivity contribution in [2.24, 2.45) is 0 Å². The molecule has 1 aliphatic carbocycles. The van der Waals surface area contributed by atoms with E-state index >= 15 is 0 Å². The fourth-order valence-electron chi connectivity index (χ4n) is 3.88. The van der Waals surface area contributed by atoms with Gasteiger partial charge in [-0.25, -0.2) is 8.42 Å². The zero-order valence-electron chi connectivity index (χ0n) is 14.6. The molecule has 3 aliphatic rings. The highest BCUT2D eigenvalue weighted by Crippen LogP contribution is 2.44. The molecular formula is C19H24O6S. The highest BCUT2D eigenvalue weighted by molar-refractivity contribution is 7.93. The summed E-state index contributed by atoms with van der Waals surface area (Å²) in [6.45, 7) is 2.19. The van der Waals surface area contributed by atoms with Gasteiger partial charge in [-0.15, -0.1) is 0 Å². The Balaban J connectivity index is 1.65. The van der Waals surface area contributed by atoms with E-state index in [1.165, 1.54) is 0 Å². The third-order valence-electron chi connectivity index (χ3n) is 5.40. The predicted molar refractivity (Wildman–Crippen MR) is 94.3 cm³/mol. The number of rotatable bonds is 5. The molecule has 26 heavy (non-hydrogen) atoms. The van der Waals surface area contributed by atoms with Gasteiger partial charge in [0.1, 0.15) is 0 Å². The molecule has 1 aromatic rings. The second-order valence-electron chi connectivity index (χ2n) is 6.93. The molecule has 0 N–H and O–H groups in total. The molecule has 0 aromatic heterocycles. The highest BCUT2D eigenvalue weighted by Gasteiger charge is 2.49. The van der Waals surface area contributed by atoms with Crippen LogP contribution in [0.4, 0.5) is 0 Å². The van der Waals surface area contributed by atoms with Crippen molar-refractivity contribution in [2.75, 3.05) is 26.4 Å². The second kappa shape index (κ2) is 7.05. The molecule has 7 heteroatoms. The Morgan fingerprint density at radius 2 is 1.62 bits per heavy atom. The largest absolute Gasteiger partial charge is 0.350 e. The Kier molecular flexibility index (Phi) is 4.92. The van der Waals surface area contributed by atoms with E-state index in [2.05, 4.69) is 0 Å². The predicted octanol–water partition coefficient (Wildman–Crippen LogP) is 2.45. The molecule has 1 spiro atoms. The standard InChI is InChI=1S/C19H24O6S/c20-26(21,16-4-2-1-3-5-16)18(7-6-17-22-12-13-23-17)8-10-19(11-9-18)24-14-15-25-19/h1-5,8,10,17H,6-7,9,11-15H2. The van der Waals surface area contributed by atoms with E-state index in [1.54, 1.807) is 36.4 Å². The average Bonchev–Trinajstić information content (AvgIpc) is 3.35. The minimum atomic E-state index is -3.57. The maximum atomic E-state index is 13.5. The quantitative estimate of drug-likeness (QED) is 0.731. The molecule has 2 heterocycles. The fraction of sp³-hybridized carbons (Fsp3) is 0.579. The van der Waals surface area contributed by atoms with E-state index in [0.717, 1.165) is 0 Å². The van der Waals surface area contributed by atoms with Crippen molar-refractivity contribution in [3.63, 3.8) is 0 Å². The molecule has 6 nitrogen and oxygen atoms in total. The molecule has 1 aromatic carbocycles. The number of hydrogen-bond donors (Lipinski definition) is 0. The van der Waals surface area contributed by atoms with E-state index in [-0.39, 0.29) is 6.29 Å². The second-order valence-corrected chi connectivity index (χ2v) is 9.22. The number of hydrogen-bond acceptors (Lipinski definition) is 6. The monoisotopic (exact) mass is 380 g/mol. The van der Waals surface area contributed by atoms with Gasteiger partial charge in [0.15, 0.2) is 21.9 Å². The van der Waals surface area contributed by atoms with Gasteiger partial charge in [0.25, 0.3) is 0 Å². The maximum Gasteiger partial charge on any atom is 0.188 e. The van der Waals surface area contributed by atoms with E-state index < -0.39 is 20.4 Å². The zero-order valence-corrected chi connectivity index (χ0v) is 15.4. The Morgan fingerprint density at radius 1 is 0.923 bits per heavy atom. The molecule has 0 bridgehead atoms. The smallest absolute Gasteiger partial charge is 0.188 e. The van der Waals surface area contributed by atoms with Crippen LogP contribution in [0.1, 0.15) is 25.7 Å². The molecule has 2 saturated heterocycles. The Hall–Kier alpha value is -1.25. The summed E-state index contributed by atoms with van der Waals surface area (Å²) in [5.74, 6) is -0.768. The summed E-state index contributed by atoms with van der Waals surface area (Å²) in [7, 11) is -3.57. The van der Waals surface area contributed by atoms with Gasteiger partial charge in [0.2, 0.25) is 0 Å².